The van der Waals surface area contributed by atoms with Crippen LogP contribution in [0, 0.1) is 13.8 Å². The van der Waals surface area contributed by atoms with Gasteiger partial charge in [-0.05, 0) is 57.4 Å². The Hall–Kier alpha value is -1.64. The van der Waals surface area contributed by atoms with Crippen LogP contribution >= 0.6 is 15.9 Å². The fraction of sp³-hybridized carbons (Fsp3) is 0.579. The predicted octanol–water partition coefficient (Wildman–Crippen LogP) is 3.10. The van der Waals surface area contributed by atoms with E-state index >= 15 is 0 Å². The van der Waals surface area contributed by atoms with Gasteiger partial charge in [0.15, 0.2) is 0 Å². The van der Waals surface area contributed by atoms with Crippen LogP contribution < -0.4 is 4.74 Å². The van der Waals surface area contributed by atoms with Gasteiger partial charge in [-0.2, -0.15) is 0 Å². The van der Waals surface area contributed by atoms with Gasteiger partial charge >= 0.3 is 11.9 Å². The van der Waals surface area contributed by atoms with Crippen molar-refractivity contribution in [3.63, 3.8) is 0 Å². The van der Waals surface area contributed by atoms with Gasteiger partial charge in [-0.25, -0.2) is 9.59 Å². The van der Waals surface area contributed by atoms with E-state index in [4.69, 9.17) is 29.3 Å². The molecule has 1 fully saturated rings. The van der Waals surface area contributed by atoms with Crippen molar-refractivity contribution >= 4 is 27.9 Å². The zero-order valence-electron chi connectivity index (χ0n) is 16.2. The Labute approximate surface area is 168 Å². The van der Waals surface area contributed by atoms with Gasteiger partial charge in [0.1, 0.15) is 5.75 Å². The predicted molar refractivity (Wildman–Crippen MR) is 105 cm³/mol. The number of halogens is 1. The Bertz CT molecular complexity index is 606. The second kappa shape index (κ2) is 11.3. The number of carboxylic acid groups (broad SMARTS) is 2. The van der Waals surface area contributed by atoms with Crippen LogP contribution in [0.5, 0.6) is 5.75 Å². The highest BCUT2D eigenvalue weighted by Crippen LogP contribution is 2.27. The second-order valence-corrected chi connectivity index (χ2v) is 7.61. The van der Waals surface area contributed by atoms with Gasteiger partial charge in [-0.3, -0.25) is 4.90 Å². The topological polar surface area (TPSA) is 96.3 Å². The minimum Gasteiger partial charge on any atom is -0.493 e. The maximum absolute atomic E-state index is 9.10. The SMILES string of the molecule is Cc1cc(Br)cc(C)c1OCCCN1CC(C)OC(C)C1.O=C(O)C(=O)O. The number of ether oxygens (including phenoxy) is 2. The first-order valence-corrected chi connectivity index (χ1v) is 9.63. The molecular weight excluding hydrogens is 418 g/mol. The summed E-state index contributed by atoms with van der Waals surface area (Å²) in [5.41, 5.74) is 2.38. The van der Waals surface area contributed by atoms with Crippen molar-refractivity contribution in [2.45, 2.75) is 46.3 Å². The monoisotopic (exact) mass is 445 g/mol. The van der Waals surface area contributed by atoms with Gasteiger partial charge in [0, 0.05) is 24.1 Å². The first-order valence-electron chi connectivity index (χ1n) is 8.83. The van der Waals surface area contributed by atoms with Crippen LogP contribution in [-0.2, 0) is 14.3 Å². The fourth-order valence-corrected chi connectivity index (χ4v) is 3.74. The van der Waals surface area contributed by atoms with Crippen molar-refractivity contribution in [1.82, 2.24) is 4.90 Å². The van der Waals surface area contributed by atoms with Gasteiger partial charge in [0.25, 0.3) is 0 Å². The number of hydrogen-bond acceptors (Lipinski definition) is 5. The molecule has 0 bridgehead atoms. The van der Waals surface area contributed by atoms with E-state index in [2.05, 4.69) is 60.7 Å². The van der Waals surface area contributed by atoms with Gasteiger partial charge in [0.05, 0.1) is 18.8 Å². The quantitative estimate of drug-likeness (QED) is 0.530. The van der Waals surface area contributed by atoms with Crippen LogP contribution in [-0.4, -0.2) is 65.5 Å². The Balaban J connectivity index is 0.000000527. The van der Waals surface area contributed by atoms with Crippen LogP contribution in [0.25, 0.3) is 0 Å². The molecule has 1 aromatic carbocycles. The lowest BCUT2D eigenvalue weighted by Gasteiger charge is -2.35. The van der Waals surface area contributed by atoms with E-state index in [0.717, 1.165) is 42.9 Å². The van der Waals surface area contributed by atoms with Crippen molar-refractivity contribution in [3.8, 4) is 5.75 Å². The third-order valence-corrected chi connectivity index (χ3v) is 4.43. The standard InChI is InChI=1S/C17H26BrNO2.C2H2O4/c1-12-8-16(18)9-13(2)17(12)20-7-5-6-19-10-14(3)21-15(4)11-19;3-1(4)2(5)6/h8-9,14-15H,5-7,10-11H2,1-4H3;(H,3,4)(H,5,6). The molecule has 2 N–H and O–H groups in total. The molecule has 2 atom stereocenters. The Morgan fingerprint density at radius 1 is 1.15 bits per heavy atom. The summed E-state index contributed by atoms with van der Waals surface area (Å²) >= 11 is 3.52. The Kier molecular flexibility index (Phi) is 9.76. The van der Waals surface area contributed by atoms with E-state index in [1.165, 1.54) is 11.1 Å². The summed E-state index contributed by atoms with van der Waals surface area (Å²) in [4.78, 5) is 20.7. The third-order valence-electron chi connectivity index (χ3n) is 3.97. The lowest BCUT2D eigenvalue weighted by Crippen LogP contribution is -2.45. The lowest BCUT2D eigenvalue weighted by molar-refractivity contribution is -0.159. The molecule has 0 radical (unpaired) electrons. The molecule has 0 aliphatic carbocycles. The van der Waals surface area contributed by atoms with Gasteiger partial charge in [-0.1, -0.05) is 15.9 Å². The van der Waals surface area contributed by atoms with E-state index in [-0.39, 0.29) is 0 Å². The molecule has 1 aliphatic heterocycles. The summed E-state index contributed by atoms with van der Waals surface area (Å²) < 4.78 is 12.9. The molecule has 27 heavy (non-hydrogen) atoms. The zero-order valence-corrected chi connectivity index (χ0v) is 17.8. The summed E-state index contributed by atoms with van der Waals surface area (Å²) in [6, 6.07) is 4.21. The van der Waals surface area contributed by atoms with Crippen LogP contribution in [0.15, 0.2) is 16.6 Å². The molecule has 1 aliphatic rings. The highest BCUT2D eigenvalue weighted by molar-refractivity contribution is 9.10. The van der Waals surface area contributed by atoms with Crippen LogP contribution in [0.3, 0.4) is 0 Å². The van der Waals surface area contributed by atoms with Gasteiger partial charge < -0.3 is 19.7 Å². The van der Waals surface area contributed by atoms with Crippen LogP contribution in [0.2, 0.25) is 0 Å². The summed E-state index contributed by atoms with van der Waals surface area (Å²) in [5.74, 6) is -2.62. The van der Waals surface area contributed by atoms with Crippen LogP contribution in [0.1, 0.15) is 31.4 Å². The lowest BCUT2D eigenvalue weighted by atomic mass is 10.1. The molecule has 2 unspecified atom stereocenters. The minimum absolute atomic E-state index is 0.339. The zero-order chi connectivity index (χ0) is 20.6. The maximum Gasteiger partial charge on any atom is 0.414 e. The molecule has 0 spiro atoms. The largest absolute Gasteiger partial charge is 0.493 e. The van der Waals surface area contributed by atoms with Crippen LogP contribution in [0.4, 0.5) is 0 Å². The van der Waals surface area contributed by atoms with E-state index in [9.17, 15) is 0 Å². The molecule has 8 heteroatoms. The fourth-order valence-electron chi connectivity index (χ4n) is 3.05. The summed E-state index contributed by atoms with van der Waals surface area (Å²) in [7, 11) is 0. The smallest absolute Gasteiger partial charge is 0.414 e. The van der Waals surface area contributed by atoms with E-state index in [0.29, 0.717) is 12.2 Å². The first-order chi connectivity index (χ1) is 12.6. The normalized spacial score (nSPS) is 19.7. The summed E-state index contributed by atoms with van der Waals surface area (Å²) in [6.45, 7) is 12.4. The first kappa shape index (κ1) is 23.4. The van der Waals surface area contributed by atoms with E-state index < -0.39 is 11.9 Å². The average molecular weight is 446 g/mol. The molecule has 152 valence electrons. The number of carboxylic acids is 2. The molecule has 0 aromatic heterocycles. The van der Waals surface area contributed by atoms with Crippen molar-refractivity contribution < 1.29 is 29.3 Å². The second-order valence-electron chi connectivity index (χ2n) is 6.70. The number of benzene rings is 1. The maximum atomic E-state index is 9.10. The Morgan fingerprint density at radius 2 is 1.63 bits per heavy atom. The Morgan fingerprint density at radius 3 is 2.07 bits per heavy atom. The number of aryl methyl sites for hydroxylation is 2. The molecular formula is C19H28BrNO6. The number of hydrogen-bond donors (Lipinski definition) is 2. The number of nitrogens with zero attached hydrogens (tertiary/aromatic N) is 1. The number of morpholine rings is 1. The molecule has 2 rings (SSSR count). The molecule has 1 heterocycles. The summed E-state index contributed by atoms with van der Waals surface area (Å²) in [5, 5.41) is 14.8. The van der Waals surface area contributed by atoms with E-state index in [1.54, 1.807) is 0 Å². The van der Waals surface area contributed by atoms with Gasteiger partial charge in [0.2, 0.25) is 0 Å². The van der Waals surface area contributed by atoms with Crippen molar-refractivity contribution in [2.75, 3.05) is 26.2 Å². The minimum atomic E-state index is -1.82. The summed E-state index contributed by atoms with van der Waals surface area (Å²) in [6.07, 6.45) is 1.73. The molecule has 7 nitrogen and oxygen atoms in total. The highest BCUT2D eigenvalue weighted by Gasteiger charge is 2.21. The van der Waals surface area contributed by atoms with Crippen molar-refractivity contribution in [2.24, 2.45) is 0 Å². The van der Waals surface area contributed by atoms with Crippen molar-refractivity contribution in [1.29, 1.82) is 0 Å². The molecule has 0 saturated carbocycles. The third kappa shape index (κ3) is 8.73. The average Bonchev–Trinajstić information content (AvgIpc) is 2.52. The van der Waals surface area contributed by atoms with E-state index in [1.807, 2.05) is 0 Å². The van der Waals surface area contributed by atoms with Crippen molar-refractivity contribution in [3.05, 3.63) is 27.7 Å². The highest BCUT2D eigenvalue weighted by atomic mass is 79.9. The number of carbonyl (C=O) groups is 2. The number of rotatable bonds is 5. The molecule has 1 aromatic rings. The molecule has 0 amide bonds. The number of aliphatic carboxylic acids is 2. The molecule has 1 saturated heterocycles. The van der Waals surface area contributed by atoms with Gasteiger partial charge in [-0.15, -0.1) is 0 Å².